The summed E-state index contributed by atoms with van der Waals surface area (Å²) in [6.45, 7) is 1.57. The summed E-state index contributed by atoms with van der Waals surface area (Å²) in [7, 11) is 0. The predicted molar refractivity (Wildman–Crippen MR) is 91.5 cm³/mol. The van der Waals surface area contributed by atoms with Gasteiger partial charge >= 0.3 is 0 Å². The van der Waals surface area contributed by atoms with Gasteiger partial charge in [0.25, 0.3) is 5.91 Å². The Balaban J connectivity index is 1.79. The Labute approximate surface area is 144 Å². The first-order chi connectivity index (χ1) is 11.1. The van der Waals surface area contributed by atoms with Gasteiger partial charge in [0.15, 0.2) is 0 Å². The number of carbonyl (C=O) groups is 1. The number of carbonyl (C=O) groups excluding carboxylic acids is 1. The molecule has 7 heteroatoms. The Morgan fingerprint density at radius 1 is 1.13 bits per heavy atom. The van der Waals surface area contributed by atoms with Crippen LogP contribution in [0.4, 0.5) is 11.6 Å². The third-order valence-corrected chi connectivity index (χ3v) is 4.26. The van der Waals surface area contributed by atoms with Gasteiger partial charge in [-0.05, 0) is 43.5 Å². The summed E-state index contributed by atoms with van der Waals surface area (Å²) < 4.78 is 0. The van der Waals surface area contributed by atoms with E-state index in [1.165, 1.54) is 6.42 Å². The lowest BCUT2D eigenvalue weighted by molar-refractivity contribution is 0.0718. The molecule has 5 nitrogen and oxygen atoms in total. The van der Waals surface area contributed by atoms with Crippen molar-refractivity contribution >= 4 is 40.7 Å². The summed E-state index contributed by atoms with van der Waals surface area (Å²) in [4.78, 5) is 22.8. The maximum Gasteiger partial charge on any atom is 0.272 e. The molecule has 0 bridgehead atoms. The molecule has 0 unspecified atom stereocenters. The largest absolute Gasteiger partial charge is 0.337 e. The van der Waals surface area contributed by atoms with Crippen LogP contribution in [0, 0.1) is 0 Å². The number of anilines is 2. The second kappa shape index (κ2) is 7.15. The molecule has 1 fully saturated rings. The van der Waals surface area contributed by atoms with Gasteiger partial charge in [-0.25, -0.2) is 9.97 Å². The molecule has 0 spiro atoms. The summed E-state index contributed by atoms with van der Waals surface area (Å²) in [6.07, 6.45) is 4.82. The lowest BCUT2D eigenvalue weighted by Crippen LogP contribution is -2.36. The third-order valence-electron chi connectivity index (χ3n) is 3.69. The first kappa shape index (κ1) is 16.0. The highest BCUT2D eigenvalue weighted by Gasteiger charge is 2.19. The van der Waals surface area contributed by atoms with Gasteiger partial charge in [-0.2, -0.15) is 0 Å². The van der Waals surface area contributed by atoms with Gasteiger partial charge in [-0.15, -0.1) is 0 Å². The molecule has 0 radical (unpaired) electrons. The number of halogens is 2. The van der Waals surface area contributed by atoms with Crippen molar-refractivity contribution in [3.8, 4) is 0 Å². The molecule has 0 atom stereocenters. The zero-order chi connectivity index (χ0) is 16.2. The minimum atomic E-state index is -0.0626. The zero-order valence-corrected chi connectivity index (χ0v) is 13.9. The molecule has 0 aliphatic carbocycles. The van der Waals surface area contributed by atoms with Crippen LogP contribution in [0.25, 0.3) is 0 Å². The van der Waals surface area contributed by atoms with E-state index in [4.69, 9.17) is 23.2 Å². The second-order valence-electron chi connectivity index (χ2n) is 5.37. The number of hydrogen-bond acceptors (Lipinski definition) is 4. The minimum Gasteiger partial charge on any atom is -0.337 e. The van der Waals surface area contributed by atoms with Crippen molar-refractivity contribution in [3.05, 3.63) is 46.2 Å². The summed E-state index contributed by atoms with van der Waals surface area (Å²) >= 11 is 12.1. The van der Waals surface area contributed by atoms with Crippen LogP contribution in [-0.4, -0.2) is 33.9 Å². The minimum absolute atomic E-state index is 0.0626. The number of rotatable bonds is 3. The maximum atomic E-state index is 12.5. The molecule has 23 heavy (non-hydrogen) atoms. The van der Waals surface area contributed by atoms with Gasteiger partial charge in [-0.1, -0.05) is 23.2 Å². The van der Waals surface area contributed by atoms with E-state index >= 15 is 0 Å². The number of aromatic nitrogens is 2. The van der Waals surface area contributed by atoms with Crippen molar-refractivity contribution in [1.82, 2.24) is 14.9 Å². The molecule has 1 aromatic carbocycles. The Morgan fingerprint density at radius 3 is 2.70 bits per heavy atom. The Kier molecular flexibility index (Phi) is 4.98. The van der Waals surface area contributed by atoms with Crippen LogP contribution in [0.15, 0.2) is 30.5 Å². The zero-order valence-electron chi connectivity index (χ0n) is 12.4. The molecule has 1 aliphatic rings. The average molecular weight is 351 g/mol. The smallest absolute Gasteiger partial charge is 0.272 e. The Bertz CT molecular complexity index is 717. The van der Waals surface area contributed by atoms with Crippen LogP contribution in [0.3, 0.4) is 0 Å². The van der Waals surface area contributed by atoms with E-state index in [1.54, 1.807) is 30.5 Å². The molecular formula is C16H16Cl2N4O. The predicted octanol–water partition coefficient (Wildman–Crippen LogP) is 4.15. The molecule has 1 aliphatic heterocycles. The topological polar surface area (TPSA) is 58.1 Å². The monoisotopic (exact) mass is 350 g/mol. The van der Waals surface area contributed by atoms with Crippen molar-refractivity contribution in [2.45, 2.75) is 19.3 Å². The average Bonchev–Trinajstić information content (AvgIpc) is 2.58. The van der Waals surface area contributed by atoms with Gasteiger partial charge in [0.05, 0.1) is 10.7 Å². The molecule has 120 valence electrons. The summed E-state index contributed by atoms with van der Waals surface area (Å²) in [6, 6.07) is 6.70. The summed E-state index contributed by atoms with van der Waals surface area (Å²) in [5.74, 6) is 0.254. The van der Waals surface area contributed by atoms with Gasteiger partial charge in [0.1, 0.15) is 5.69 Å². The number of nitrogens with zero attached hydrogens (tertiary/aromatic N) is 3. The van der Waals surface area contributed by atoms with Gasteiger partial charge in [0, 0.05) is 24.3 Å². The number of nitrogens with one attached hydrogen (secondary N) is 1. The number of hydrogen-bond donors (Lipinski definition) is 1. The van der Waals surface area contributed by atoms with Crippen molar-refractivity contribution in [2.24, 2.45) is 0 Å². The first-order valence-corrected chi connectivity index (χ1v) is 8.23. The number of piperidine rings is 1. The normalized spacial score (nSPS) is 14.6. The Morgan fingerprint density at radius 2 is 1.91 bits per heavy atom. The van der Waals surface area contributed by atoms with Crippen LogP contribution >= 0.6 is 23.2 Å². The number of benzene rings is 1. The van der Waals surface area contributed by atoms with Crippen LogP contribution in [0.5, 0.6) is 0 Å². The molecule has 1 N–H and O–H groups in total. The van der Waals surface area contributed by atoms with Gasteiger partial charge < -0.3 is 10.2 Å². The highest BCUT2D eigenvalue weighted by atomic mass is 35.5. The van der Waals surface area contributed by atoms with Crippen molar-refractivity contribution in [1.29, 1.82) is 0 Å². The lowest BCUT2D eigenvalue weighted by atomic mass is 10.1. The van der Waals surface area contributed by atoms with Crippen molar-refractivity contribution < 1.29 is 4.79 Å². The van der Waals surface area contributed by atoms with E-state index in [0.717, 1.165) is 25.9 Å². The summed E-state index contributed by atoms with van der Waals surface area (Å²) in [5, 5.41) is 4.06. The molecular weight excluding hydrogens is 335 g/mol. The van der Waals surface area contributed by atoms with Crippen LogP contribution < -0.4 is 5.32 Å². The van der Waals surface area contributed by atoms with Crippen LogP contribution in [0.2, 0.25) is 10.0 Å². The Hall–Kier alpha value is -1.85. The highest BCUT2D eigenvalue weighted by molar-refractivity contribution is 6.35. The van der Waals surface area contributed by atoms with Gasteiger partial charge in [-0.3, -0.25) is 4.79 Å². The molecule has 1 aromatic heterocycles. The van der Waals surface area contributed by atoms with Crippen molar-refractivity contribution in [2.75, 3.05) is 18.4 Å². The fourth-order valence-electron chi connectivity index (χ4n) is 2.51. The van der Waals surface area contributed by atoms with Crippen LogP contribution in [0.1, 0.15) is 29.8 Å². The molecule has 2 aromatic rings. The molecule has 0 saturated carbocycles. The maximum absolute atomic E-state index is 12.5. The third kappa shape index (κ3) is 3.92. The number of likely N-dealkylation sites (tertiary alicyclic amines) is 1. The highest BCUT2D eigenvalue weighted by Crippen LogP contribution is 2.27. The lowest BCUT2D eigenvalue weighted by Gasteiger charge is -2.26. The fraction of sp³-hybridized carbons (Fsp3) is 0.312. The van der Waals surface area contributed by atoms with E-state index in [-0.39, 0.29) is 5.91 Å². The SMILES string of the molecule is O=C(c1ccnc(Nc2cc(Cl)ccc2Cl)n1)N1CCCCC1. The number of amides is 1. The molecule has 3 rings (SSSR count). The van der Waals surface area contributed by atoms with E-state index in [1.807, 2.05) is 4.90 Å². The quantitative estimate of drug-likeness (QED) is 0.902. The standard InChI is InChI=1S/C16H16Cl2N4O/c17-11-4-5-12(18)14(10-11)21-16-19-7-6-13(20-16)15(23)22-8-2-1-3-9-22/h4-7,10H,1-3,8-9H2,(H,19,20,21). The fourth-order valence-corrected chi connectivity index (χ4v) is 2.85. The first-order valence-electron chi connectivity index (χ1n) is 7.48. The van der Waals surface area contributed by atoms with E-state index < -0.39 is 0 Å². The van der Waals surface area contributed by atoms with Gasteiger partial charge in [0.2, 0.25) is 5.95 Å². The second-order valence-corrected chi connectivity index (χ2v) is 6.21. The van der Waals surface area contributed by atoms with E-state index in [9.17, 15) is 4.79 Å². The summed E-state index contributed by atoms with van der Waals surface area (Å²) in [5.41, 5.74) is 0.976. The van der Waals surface area contributed by atoms with E-state index in [2.05, 4.69) is 15.3 Å². The van der Waals surface area contributed by atoms with Crippen molar-refractivity contribution in [3.63, 3.8) is 0 Å². The molecule has 1 saturated heterocycles. The molecule has 1 amide bonds. The van der Waals surface area contributed by atoms with E-state index in [0.29, 0.717) is 27.4 Å². The van der Waals surface area contributed by atoms with Crippen LogP contribution in [-0.2, 0) is 0 Å². The molecule has 2 heterocycles.